The molecule has 1 saturated carbocycles. The van der Waals surface area contributed by atoms with E-state index >= 15 is 0 Å². The lowest BCUT2D eigenvalue weighted by Crippen LogP contribution is -2.65. The fourth-order valence-corrected chi connectivity index (χ4v) is 3.96. The van der Waals surface area contributed by atoms with Crippen LogP contribution in [-0.2, 0) is 11.3 Å². The average Bonchev–Trinajstić information content (AvgIpc) is 3.30. The minimum absolute atomic E-state index is 0.138. The van der Waals surface area contributed by atoms with Crippen LogP contribution in [0, 0.1) is 0 Å². The van der Waals surface area contributed by atoms with Crippen LogP contribution in [0.1, 0.15) is 73.3 Å². The van der Waals surface area contributed by atoms with Crippen LogP contribution in [0.2, 0.25) is 0 Å². The maximum absolute atomic E-state index is 13.2. The van der Waals surface area contributed by atoms with Crippen LogP contribution >= 0.6 is 0 Å². The van der Waals surface area contributed by atoms with E-state index in [1.165, 1.54) is 17.8 Å². The van der Waals surface area contributed by atoms with E-state index in [-0.39, 0.29) is 36.0 Å². The SMILES string of the molecule is CCCCN1C(=O)c2cc(C(=O)NC)nn2CC1(C)C(=O)NC1CCCC1. The van der Waals surface area contributed by atoms with Gasteiger partial charge in [0.2, 0.25) is 5.91 Å². The van der Waals surface area contributed by atoms with Gasteiger partial charge in [0.05, 0.1) is 6.54 Å². The van der Waals surface area contributed by atoms with Gasteiger partial charge >= 0.3 is 0 Å². The summed E-state index contributed by atoms with van der Waals surface area (Å²) < 4.78 is 1.50. The van der Waals surface area contributed by atoms with Gasteiger partial charge in [0.15, 0.2) is 5.69 Å². The molecule has 1 aliphatic heterocycles. The third kappa shape index (κ3) is 3.57. The van der Waals surface area contributed by atoms with Crippen molar-refractivity contribution in [3.05, 3.63) is 17.5 Å². The van der Waals surface area contributed by atoms with Crippen LogP contribution in [0.25, 0.3) is 0 Å². The average molecular weight is 375 g/mol. The summed E-state index contributed by atoms with van der Waals surface area (Å²) in [5, 5.41) is 9.93. The number of carbonyl (C=O) groups excluding carboxylic acids is 3. The van der Waals surface area contributed by atoms with Crippen molar-refractivity contribution in [1.29, 1.82) is 0 Å². The molecule has 1 fully saturated rings. The molecule has 8 nitrogen and oxygen atoms in total. The zero-order valence-corrected chi connectivity index (χ0v) is 16.4. The highest BCUT2D eigenvalue weighted by molar-refractivity contribution is 6.01. The second-order valence-corrected chi connectivity index (χ2v) is 7.69. The van der Waals surface area contributed by atoms with Gasteiger partial charge in [0.25, 0.3) is 11.8 Å². The van der Waals surface area contributed by atoms with Crippen molar-refractivity contribution < 1.29 is 14.4 Å². The number of rotatable bonds is 6. The predicted octanol–water partition coefficient (Wildman–Crippen LogP) is 1.32. The van der Waals surface area contributed by atoms with Crippen molar-refractivity contribution in [1.82, 2.24) is 25.3 Å². The number of hydrogen-bond acceptors (Lipinski definition) is 4. The monoisotopic (exact) mass is 375 g/mol. The molecule has 0 bridgehead atoms. The fourth-order valence-electron chi connectivity index (χ4n) is 3.96. The second kappa shape index (κ2) is 7.70. The Hall–Kier alpha value is -2.38. The summed E-state index contributed by atoms with van der Waals surface area (Å²) in [6.45, 7) is 4.60. The first-order valence-corrected chi connectivity index (χ1v) is 9.83. The summed E-state index contributed by atoms with van der Waals surface area (Å²) in [5.41, 5.74) is -0.471. The molecule has 1 aromatic heterocycles. The van der Waals surface area contributed by atoms with Crippen LogP contribution in [0.15, 0.2) is 6.07 Å². The van der Waals surface area contributed by atoms with E-state index in [1.807, 2.05) is 0 Å². The molecule has 0 aromatic carbocycles. The molecule has 0 radical (unpaired) electrons. The molecule has 1 aromatic rings. The number of nitrogens with one attached hydrogen (secondary N) is 2. The van der Waals surface area contributed by atoms with Crippen LogP contribution in [0.4, 0.5) is 0 Å². The summed E-state index contributed by atoms with van der Waals surface area (Å²) in [4.78, 5) is 39.9. The Bertz CT molecular complexity index is 738. The minimum atomic E-state index is -1.02. The number of aromatic nitrogens is 2. The third-order valence-electron chi connectivity index (χ3n) is 5.67. The fraction of sp³-hybridized carbons (Fsp3) is 0.684. The normalized spacial score (nSPS) is 22.6. The molecule has 8 heteroatoms. The van der Waals surface area contributed by atoms with Crippen LogP contribution in [0.5, 0.6) is 0 Å². The Morgan fingerprint density at radius 1 is 1.33 bits per heavy atom. The molecule has 1 atom stereocenters. The van der Waals surface area contributed by atoms with Gasteiger partial charge in [0, 0.05) is 25.7 Å². The van der Waals surface area contributed by atoms with E-state index in [0.717, 1.165) is 38.5 Å². The zero-order chi connectivity index (χ0) is 19.6. The number of fused-ring (bicyclic) bond motifs is 1. The van der Waals surface area contributed by atoms with Crippen molar-refractivity contribution in [2.45, 2.75) is 70.5 Å². The van der Waals surface area contributed by atoms with Crippen molar-refractivity contribution in [2.75, 3.05) is 13.6 Å². The number of hydrogen-bond donors (Lipinski definition) is 2. The van der Waals surface area contributed by atoms with Crippen molar-refractivity contribution in [3.8, 4) is 0 Å². The first-order chi connectivity index (χ1) is 12.9. The molecule has 3 rings (SSSR count). The number of unbranched alkanes of at least 4 members (excludes halogenated alkanes) is 1. The van der Waals surface area contributed by atoms with Gasteiger partial charge in [-0.3, -0.25) is 19.1 Å². The summed E-state index contributed by atoms with van der Waals surface area (Å²) in [6.07, 6.45) is 5.95. The molecule has 2 heterocycles. The Labute approximate surface area is 159 Å². The Morgan fingerprint density at radius 2 is 2.04 bits per heavy atom. The topological polar surface area (TPSA) is 96.3 Å². The molecule has 0 saturated heterocycles. The van der Waals surface area contributed by atoms with Gasteiger partial charge in [-0.1, -0.05) is 26.2 Å². The lowest BCUT2D eigenvalue weighted by molar-refractivity contribution is -0.133. The third-order valence-corrected chi connectivity index (χ3v) is 5.67. The molecule has 0 spiro atoms. The van der Waals surface area contributed by atoms with Crippen LogP contribution in [-0.4, -0.2) is 57.6 Å². The molecule has 2 N–H and O–H groups in total. The molecule has 1 aliphatic carbocycles. The first kappa shape index (κ1) is 19.4. The van der Waals surface area contributed by atoms with Crippen LogP contribution in [0.3, 0.4) is 0 Å². The van der Waals surface area contributed by atoms with Gasteiger partial charge in [-0.15, -0.1) is 0 Å². The highest BCUT2D eigenvalue weighted by Crippen LogP contribution is 2.29. The minimum Gasteiger partial charge on any atom is -0.354 e. The smallest absolute Gasteiger partial charge is 0.273 e. The van der Waals surface area contributed by atoms with E-state index in [9.17, 15) is 14.4 Å². The maximum Gasteiger partial charge on any atom is 0.273 e. The van der Waals surface area contributed by atoms with Gasteiger partial charge < -0.3 is 15.5 Å². The number of carbonyl (C=O) groups is 3. The molecule has 2 aliphatic rings. The highest BCUT2D eigenvalue weighted by Gasteiger charge is 2.48. The Balaban J connectivity index is 1.92. The summed E-state index contributed by atoms with van der Waals surface area (Å²) in [5.74, 6) is -0.732. The maximum atomic E-state index is 13.2. The van der Waals surface area contributed by atoms with Gasteiger partial charge in [0.1, 0.15) is 11.2 Å². The summed E-state index contributed by atoms with van der Waals surface area (Å²) in [6, 6.07) is 1.69. The van der Waals surface area contributed by atoms with Gasteiger partial charge in [-0.05, 0) is 26.2 Å². The van der Waals surface area contributed by atoms with E-state index in [4.69, 9.17) is 0 Å². The lowest BCUT2D eigenvalue weighted by atomic mass is 9.94. The highest BCUT2D eigenvalue weighted by atomic mass is 16.2. The molecule has 27 heavy (non-hydrogen) atoms. The molecule has 1 unspecified atom stereocenters. The largest absolute Gasteiger partial charge is 0.354 e. The standard InChI is InChI=1S/C19H29N5O3/c1-4-5-10-23-17(26)15-11-14(16(25)20-3)22-24(15)12-19(23,2)18(27)21-13-8-6-7-9-13/h11,13H,4-10,12H2,1-3H3,(H,20,25)(H,21,27). The quantitative estimate of drug-likeness (QED) is 0.784. The van der Waals surface area contributed by atoms with Gasteiger partial charge in [-0.2, -0.15) is 5.10 Å². The van der Waals surface area contributed by atoms with Gasteiger partial charge in [-0.25, -0.2) is 0 Å². The number of amides is 3. The van der Waals surface area contributed by atoms with Crippen molar-refractivity contribution in [2.24, 2.45) is 0 Å². The second-order valence-electron chi connectivity index (χ2n) is 7.69. The van der Waals surface area contributed by atoms with E-state index < -0.39 is 5.54 Å². The Morgan fingerprint density at radius 3 is 2.67 bits per heavy atom. The molecule has 3 amide bonds. The Kier molecular flexibility index (Phi) is 5.53. The number of nitrogens with zero attached hydrogens (tertiary/aromatic N) is 3. The molecule has 148 valence electrons. The zero-order valence-electron chi connectivity index (χ0n) is 16.4. The van der Waals surface area contributed by atoms with E-state index in [1.54, 1.807) is 11.8 Å². The van der Waals surface area contributed by atoms with E-state index in [2.05, 4.69) is 22.7 Å². The van der Waals surface area contributed by atoms with Crippen LogP contribution < -0.4 is 10.6 Å². The van der Waals surface area contributed by atoms with E-state index in [0.29, 0.717) is 12.2 Å². The predicted molar refractivity (Wildman–Crippen MR) is 100 cm³/mol. The van der Waals surface area contributed by atoms with Crippen molar-refractivity contribution >= 4 is 17.7 Å². The summed E-state index contributed by atoms with van der Waals surface area (Å²) in [7, 11) is 1.52. The van der Waals surface area contributed by atoms with Crippen molar-refractivity contribution in [3.63, 3.8) is 0 Å². The lowest BCUT2D eigenvalue weighted by Gasteiger charge is -2.43. The summed E-state index contributed by atoms with van der Waals surface area (Å²) >= 11 is 0. The molecular formula is C19H29N5O3. The molecular weight excluding hydrogens is 346 g/mol. The first-order valence-electron chi connectivity index (χ1n) is 9.83.